The summed E-state index contributed by atoms with van der Waals surface area (Å²) in [5.41, 5.74) is 1.93. The van der Waals surface area contributed by atoms with Crippen molar-refractivity contribution < 1.29 is 9.59 Å². The minimum Gasteiger partial charge on any atom is -0.275 e. The molecule has 1 fully saturated rings. The van der Waals surface area contributed by atoms with Gasteiger partial charge in [0.05, 0.1) is 0 Å². The van der Waals surface area contributed by atoms with Crippen molar-refractivity contribution >= 4 is 11.9 Å². The van der Waals surface area contributed by atoms with Crippen molar-refractivity contribution in [2.45, 2.75) is 25.8 Å². The van der Waals surface area contributed by atoms with E-state index in [1.807, 2.05) is 12.3 Å². The minimum absolute atomic E-state index is 0.0222. The zero-order chi connectivity index (χ0) is 8.43. The lowest BCUT2D eigenvalue weighted by Crippen LogP contribution is -2.46. The van der Waals surface area contributed by atoms with Gasteiger partial charge in [-0.1, -0.05) is 0 Å². The van der Waals surface area contributed by atoms with E-state index in [0.717, 1.165) is 11.3 Å². The quantitative estimate of drug-likeness (QED) is 0.285. The number of likely N-dealkylation sites (tertiary alicyclic amines) is 1. The molecule has 3 amide bonds. The molecule has 1 aliphatic heterocycles. The molecule has 5 nitrogen and oxygen atoms in total. The number of hydrazine groups is 1. The number of carbonyl (C=O) groups excluding carboxylic acids is 2. The Morgan fingerprint density at radius 1 is 1.82 bits per heavy atom. The lowest BCUT2D eigenvalue weighted by molar-refractivity contribution is -0.125. The fourth-order valence-corrected chi connectivity index (χ4v) is 1.21. The van der Waals surface area contributed by atoms with Crippen molar-refractivity contribution in [1.29, 1.82) is 0 Å². The van der Waals surface area contributed by atoms with Crippen LogP contribution in [0.3, 0.4) is 0 Å². The Bertz CT molecular complexity index is 192. The van der Waals surface area contributed by atoms with Gasteiger partial charge in [0.2, 0.25) is 5.91 Å². The van der Waals surface area contributed by atoms with Crippen LogP contribution in [0.25, 0.3) is 0 Å². The first-order chi connectivity index (χ1) is 5.16. The molecule has 1 atom stereocenters. The summed E-state index contributed by atoms with van der Waals surface area (Å²) in [6.07, 6.45) is 1.17. The number of amides is 3. The van der Waals surface area contributed by atoms with Crippen LogP contribution in [0.15, 0.2) is 0 Å². The van der Waals surface area contributed by atoms with Crippen molar-refractivity contribution in [3.8, 4) is 0 Å². The average Bonchev–Trinajstić information content (AvgIpc) is 2.30. The van der Waals surface area contributed by atoms with Crippen LogP contribution in [0.4, 0.5) is 4.79 Å². The SMILES string of the molecule is CC1CCC(=O)N1C(=O)NN. The van der Waals surface area contributed by atoms with Gasteiger partial charge >= 0.3 is 6.03 Å². The van der Waals surface area contributed by atoms with Gasteiger partial charge in [-0.05, 0) is 13.3 Å². The summed E-state index contributed by atoms with van der Waals surface area (Å²) >= 11 is 0. The highest BCUT2D eigenvalue weighted by Gasteiger charge is 2.32. The molecule has 0 aromatic carbocycles. The van der Waals surface area contributed by atoms with Gasteiger partial charge in [0.15, 0.2) is 0 Å². The number of nitrogens with two attached hydrogens (primary N) is 1. The Morgan fingerprint density at radius 2 is 2.45 bits per heavy atom. The number of imide groups is 1. The van der Waals surface area contributed by atoms with E-state index in [-0.39, 0.29) is 11.9 Å². The van der Waals surface area contributed by atoms with Gasteiger partial charge in [-0.2, -0.15) is 0 Å². The second-order valence-electron chi connectivity index (χ2n) is 2.60. The van der Waals surface area contributed by atoms with Crippen LogP contribution in [-0.4, -0.2) is 22.9 Å². The zero-order valence-electron chi connectivity index (χ0n) is 6.33. The monoisotopic (exact) mass is 157 g/mol. The maximum Gasteiger partial charge on any atom is 0.338 e. The highest BCUT2D eigenvalue weighted by atomic mass is 16.2. The summed E-state index contributed by atoms with van der Waals surface area (Å²) in [7, 11) is 0. The Balaban J connectivity index is 2.68. The predicted molar refractivity (Wildman–Crippen MR) is 38.3 cm³/mol. The normalized spacial score (nSPS) is 24.0. The third-order valence-corrected chi connectivity index (χ3v) is 1.83. The molecular formula is C6H11N3O2. The lowest BCUT2D eigenvalue weighted by Gasteiger charge is -2.17. The molecule has 1 heterocycles. The molecule has 0 spiro atoms. The third-order valence-electron chi connectivity index (χ3n) is 1.83. The fraction of sp³-hybridized carbons (Fsp3) is 0.667. The summed E-state index contributed by atoms with van der Waals surface area (Å²) < 4.78 is 0. The number of urea groups is 1. The first-order valence-electron chi connectivity index (χ1n) is 3.49. The molecule has 0 aromatic heterocycles. The Labute approximate surface area is 64.5 Å². The van der Waals surface area contributed by atoms with Crippen molar-refractivity contribution in [3.05, 3.63) is 0 Å². The van der Waals surface area contributed by atoms with Crippen molar-refractivity contribution in [3.63, 3.8) is 0 Å². The van der Waals surface area contributed by atoms with Gasteiger partial charge in [-0.15, -0.1) is 0 Å². The Morgan fingerprint density at radius 3 is 2.82 bits per heavy atom. The van der Waals surface area contributed by atoms with Gasteiger partial charge in [0.1, 0.15) is 0 Å². The van der Waals surface area contributed by atoms with Gasteiger partial charge in [-0.3, -0.25) is 15.1 Å². The van der Waals surface area contributed by atoms with Crippen LogP contribution in [0.2, 0.25) is 0 Å². The molecule has 1 aliphatic rings. The maximum atomic E-state index is 11.0. The van der Waals surface area contributed by atoms with Crippen molar-refractivity contribution in [2.75, 3.05) is 0 Å². The molecule has 1 unspecified atom stereocenters. The van der Waals surface area contributed by atoms with Crippen LogP contribution in [0, 0.1) is 0 Å². The summed E-state index contributed by atoms with van der Waals surface area (Å²) in [4.78, 5) is 23.1. The average molecular weight is 157 g/mol. The van der Waals surface area contributed by atoms with Crippen molar-refractivity contribution in [2.24, 2.45) is 5.84 Å². The van der Waals surface area contributed by atoms with E-state index < -0.39 is 6.03 Å². The van der Waals surface area contributed by atoms with E-state index in [0.29, 0.717) is 6.42 Å². The molecule has 3 N–H and O–H groups in total. The Hall–Kier alpha value is -1.10. The molecular weight excluding hydrogens is 146 g/mol. The van der Waals surface area contributed by atoms with E-state index in [1.165, 1.54) is 0 Å². The maximum absolute atomic E-state index is 11.0. The second-order valence-corrected chi connectivity index (χ2v) is 2.60. The lowest BCUT2D eigenvalue weighted by atomic mass is 10.2. The van der Waals surface area contributed by atoms with E-state index in [1.54, 1.807) is 0 Å². The van der Waals surface area contributed by atoms with Gasteiger partial charge in [-0.25, -0.2) is 10.6 Å². The molecule has 1 saturated heterocycles. The van der Waals surface area contributed by atoms with Crippen LogP contribution in [0.5, 0.6) is 0 Å². The summed E-state index contributed by atoms with van der Waals surface area (Å²) in [5.74, 6) is 4.73. The predicted octanol–water partition coefficient (Wildman–Crippen LogP) is -0.419. The molecule has 0 bridgehead atoms. The fourth-order valence-electron chi connectivity index (χ4n) is 1.21. The van der Waals surface area contributed by atoms with Crippen LogP contribution in [-0.2, 0) is 4.79 Å². The summed E-state index contributed by atoms with van der Waals surface area (Å²) in [5, 5.41) is 0. The largest absolute Gasteiger partial charge is 0.338 e. The highest BCUT2D eigenvalue weighted by molar-refractivity contribution is 5.96. The summed E-state index contributed by atoms with van der Waals surface area (Å²) in [6, 6.07) is -0.536. The smallest absolute Gasteiger partial charge is 0.275 e. The van der Waals surface area contributed by atoms with E-state index in [9.17, 15) is 9.59 Å². The number of nitrogens with zero attached hydrogens (tertiary/aromatic N) is 1. The van der Waals surface area contributed by atoms with E-state index in [2.05, 4.69) is 0 Å². The van der Waals surface area contributed by atoms with Crippen molar-refractivity contribution in [1.82, 2.24) is 10.3 Å². The standard InChI is InChI=1S/C6H11N3O2/c1-4-2-3-5(10)9(4)6(11)8-7/h4H,2-3,7H2,1H3,(H,8,11). The molecule has 0 radical (unpaired) electrons. The molecule has 0 saturated carbocycles. The Kier molecular flexibility index (Phi) is 2.09. The highest BCUT2D eigenvalue weighted by Crippen LogP contribution is 2.17. The van der Waals surface area contributed by atoms with Crippen LogP contribution in [0.1, 0.15) is 19.8 Å². The van der Waals surface area contributed by atoms with Gasteiger partial charge in [0.25, 0.3) is 0 Å². The molecule has 0 aliphatic carbocycles. The van der Waals surface area contributed by atoms with E-state index in [4.69, 9.17) is 5.84 Å². The topological polar surface area (TPSA) is 75.4 Å². The second kappa shape index (κ2) is 2.87. The number of hydrogen-bond donors (Lipinski definition) is 2. The first-order valence-corrected chi connectivity index (χ1v) is 3.49. The number of hydrogen-bond acceptors (Lipinski definition) is 3. The van der Waals surface area contributed by atoms with E-state index >= 15 is 0 Å². The van der Waals surface area contributed by atoms with Crippen LogP contribution >= 0.6 is 0 Å². The molecule has 62 valence electrons. The van der Waals surface area contributed by atoms with Gasteiger partial charge in [0, 0.05) is 12.5 Å². The number of rotatable bonds is 0. The number of carbonyl (C=O) groups is 2. The molecule has 11 heavy (non-hydrogen) atoms. The molecule has 0 aromatic rings. The molecule has 5 heteroatoms. The minimum atomic E-state index is -0.514. The zero-order valence-corrected chi connectivity index (χ0v) is 6.33. The summed E-state index contributed by atoms with van der Waals surface area (Å²) in [6.45, 7) is 1.82. The molecule has 1 rings (SSSR count). The van der Waals surface area contributed by atoms with Crippen LogP contribution < -0.4 is 11.3 Å². The van der Waals surface area contributed by atoms with Gasteiger partial charge < -0.3 is 0 Å². The number of nitrogens with one attached hydrogen (secondary N) is 1. The third kappa shape index (κ3) is 1.32. The first kappa shape index (κ1) is 8.00.